The van der Waals surface area contributed by atoms with Crippen molar-refractivity contribution in [3.63, 3.8) is 0 Å². The predicted octanol–water partition coefficient (Wildman–Crippen LogP) is 10.8. The second kappa shape index (κ2) is 10.2. The molecule has 0 N–H and O–H groups in total. The van der Waals surface area contributed by atoms with Crippen molar-refractivity contribution in [1.82, 2.24) is 13.7 Å². The molecule has 9 rings (SSSR count). The Bertz CT molecular complexity index is 2710. The molecule has 0 aliphatic rings. The molecule has 0 aliphatic carbocycles. The summed E-state index contributed by atoms with van der Waals surface area (Å²) in [6.07, 6.45) is 10.3. The first-order chi connectivity index (χ1) is 22.8. The highest BCUT2D eigenvalue weighted by atomic mass is 15.0. The van der Waals surface area contributed by atoms with Crippen LogP contribution in [-0.4, -0.2) is 13.7 Å². The van der Waals surface area contributed by atoms with Crippen LogP contribution in [0.3, 0.4) is 0 Å². The van der Waals surface area contributed by atoms with Gasteiger partial charge in [-0.1, -0.05) is 90.9 Å². The zero-order valence-electron chi connectivity index (χ0n) is 25.4. The summed E-state index contributed by atoms with van der Waals surface area (Å²) in [6.45, 7) is 2.03. The van der Waals surface area contributed by atoms with Crippen LogP contribution in [0, 0.1) is 12.3 Å². The Labute approximate surface area is 266 Å². The highest BCUT2D eigenvalue weighted by Crippen LogP contribution is 2.40. The number of allylic oxidation sites excluding steroid dienone is 1. The van der Waals surface area contributed by atoms with Gasteiger partial charge in [0.2, 0.25) is 0 Å². The molecule has 3 nitrogen and oxygen atoms in total. The summed E-state index contributed by atoms with van der Waals surface area (Å²) in [5.74, 6) is 2.97. The van der Waals surface area contributed by atoms with Crippen LogP contribution >= 0.6 is 0 Å². The van der Waals surface area contributed by atoms with Crippen LogP contribution in [0.25, 0.3) is 77.7 Å². The van der Waals surface area contributed by atoms with Gasteiger partial charge in [0.15, 0.2) is 0 Å². The number of nitrogens with zero attached hydrogens (tertiary/aromatic N) is 3. The minimum absolute atomic E-state index is 0.910. The molecule has 0 spiro atoms. The molecule has 0 saturated heterocycles. The molecule has 0 aliphatic heterocycles. The molecule has 9 aromatic rings. The Morgan fingerprint density at radius 2 is 0.935 bits per heavy atom. The molecular weight excluding hydrogens is 558 g/mol. The number of benzene rings is 6. The van der Waals surface area contributed by atoms with Crippen molar-refractivity contribution >= 4 is 60.6 Å². The summed E-state index contributed by atoms with van der Waals surface area (Å²) in [6, 6.07) is 50.0. The smallest absolute Gasteiger partial charge is 0.0621 e. The Morgan fingerprint density at radius 3 is 1.52 bits per heavy atom. The molecule has 0 bridgehead atoms. The molecular formula is C43H29N3. The summed E-state index contributed by atoms with van der Waals surface area (Å²) >= 11 is 0. The maximum atomic E-state index is 6.09. The van der Waals surface area contributed by atoms with Gasteiger partial charge in [-0.15, -0.1) is 6.42 Å². The highest BCUT2D eigenvalue weighted by Gasteiger charge is 2.20. The van der Waals surface area contributed by atoms with Crippen molar-refractivity contribution in [2.75, 3.05) is 0 Å². The molecule has 3 heteroatoms. The Balaban J connectivity index is 1.36. The first-order valence-electron chi connectivity index (χ1n) is 15.6. The molecule has 6 aromatic carbocycles. The average molecular weight is 588 g/mol. The second-order valence-corrected chi connectivity index (χ2v) is 11.7. The number of aromatic nitrogens is 3. The zero-order chi connectivity index (χ0) is 30.8. The van der Waals surface area contributed by atoms with Gasteiger partial charge in [0.1, 0.15) is 0 Å². The molecule has 46 heavy (non-hydrogen) atoms. The lowest BCUT2D eigenvalue weighted by Crippen LogP contribution is -2.00. The van der Waals surface area contributed by atoms with E-state index in [-0.39, 0.29) is 0 Å². The van der Waals surface area contributed by atoms with Crippen molar-refractivity contribution in [3.05, 3.63) is 157 Å². The quantitative estimate of drug-likeness (QED) is 0.182. The van der Waals surface area contributed by atoms with Gasteiger partial charge in [0.05, 0.1) is 38.8 Å². The van der Waals surface area contributed by atoms with Gasteiger partial charge in [0, 0.05) is 44.0 Å². The standard InChI is InChI=1S/C43H29N3/c1-3-15-38-32(4-2)33-20-8-11-23-39(33)45(38)30-18-14-19-31(26-30)46-41-25-13-10-22-35(41)37-27-42-36(28-43(37)46)34-21-9-12-24-40(34)44(42)29-16-6-5-7-17-29/h2-3,5-28H,1H3/b15-3-. The maximum absolute atomic E-state index is 6.09. The van der Waals surface area contributed by atoms with Crippen molar-refractivity contribution in [2.45, 2.75) is 6.92 Å². The minimum Gasteiger partial charge on any atom is -0.309 e. The Hall–Kier alpha value is -6.24. The van der Waals surface area contributed by atoms with Crippen LogP contribution in [0.2, 0.25) is 0 Å². The highest BCUT2D eigenvalue weighted by molar-refractivity contribution is 6.19. The topological polar surface area (TPSA) is 14.8 Å². The van der Waals surface area contributed by atoms with E-state index in [1.54, 1.807) is 0 Å². The third kappa shape index (κ3) is 3.68. The van der Waals surface area contributed by atoms with Crippen molar-refractivity contribution in [1.29, 1.82) is 0 Å². The summed E-state index contributed by atoms with van der Waals surface area (Å²) < 4.78 is 7.08. The van der Waals surface area contributed by atoms with E-state index < -0.39 is 0 Å². The lowest BCUT2D eigenvalue weighted by Gasteiger charge is -2.13. The second-order valence-electron chi connectivity index (χ2n) is 11.7. The summed E-state index contributed by atoms with van der Waals surface area (Å²) in [5.41, 5.74) is 11.1. The van der Waals surface area contributed by atoms with E-state index >= 15 is 0 Å². The normalized spacial score (nSPS) is 11.9. The molecule has 0 fully saturated rings. The molecule has 0 amide bonds. The van der Waals surface area contributed by atoms with E-state index in [4.69, 9.17) is 6.42 Å². The van der Waals surface area contributed by atoms with E-state index in [0.717, 1.165) is 39.2 Å². The van der Waals surface area contributed by atoms with Crippen LogP contribution in [-0.2, 0) is 0 Å². The number of fused-ring (bicyclic) bond motifs is 7. The molecule has 216 valence electrons. The molecule has 0 saturated carbocycles. The first-order valence-corrected chi connectivity index (χ1v) is 15.6. The fourth-order valence-corrected chi connectivity index (χ4v) is 7.34. The molecule has 0 radical (unpaired) electrons. The number of rotatable bonds is 4. The lowest BCUT2D eigenvalue weighted by atomic mass is 10.1. The van der Waals surface area contributed by atoms with Crippen molar-refractivity contribution < 1.29 is 0 Å². The van der Waals surface area contributed by atoms with E-state index in [1.807, 2.05) is 6.92 Å². The zero-order valence-corrected chi connectivity index (χ0v) is 25.4. The predicted molar refractivity (Wildman–Crippen MR) is 195 cm³/mol. The van der Waals surface area contributed by atoms with Crippen LogP contribution in [0.4, 0.5) is 0 Å². The third-order valence-electron chi connectivity index (χ3n) is 9.21. The Morgan fingerprint density at radius 1 is 0.457 bits per heavy atom. The van der Waals surface area contributed by atoms with Gasteiger partial charge in [0.25, 0.3) is 0 Å². The summed E-state index contributed by atoms with van der Waals surface area (Å²) in [7, 11) is 0. The van der Waals surface area contributed by atoms with Gasteiger partial charge in [-0.3, -0.25) is 0 Å². The average Bonchev–Trinajstić information content (AvgIpc) is 3.73. The van der Waals surface area contributed by atoms with E-state index in [1.165, 1.54) is 43.6 Å². The number of hydrogen-bond donors (Lipinski definition) is 0. The molecule has 0 unspecified atom stereocenters. The van der Waals surface area contributed by atoms with Gasteiger partial charge < -0.3 is 13.7 Å². The largest absolute Gasteiger partial charge is 0.309 e. The molecule has 0 atom stereocenters. The van der Waals surface area contributed by atoms with Crippen molar-refractivity contribution in [3.8, 4) is 29.4 Å². The monoisotopic (exact) mass is 587 g/mol. The summed E-state index contributed by atoms with van der Waals surface area (Å²) in [5, 5.41) is 6.01. The van der Waals surface area contributed by atoms with E-state index in [0.29, 0.717) is 0 Å². The number of para-hydroxylation sites is 4. The van der Waals surface area contributed by atoms with Crippen LogP contribution < -0.4 is 0 Å². The SMILES string of the molecule is C#Cc1c(/C=C\C)n(-c2cccc(-n3c4ccccc4c4cc5c(cc43)c3ccccc3n5-c3ccccc3)c2)c2ccccc12. The van der Waals surface area contributed by atoms with Crippen molar-refractivity contribution in [2.24, 2.45) is 0 Å². The molecule has 3 heterocycles. The number of hydrogen-bond acceptors (Lipinski definition) is 0. The fourth-order valence-electron chi connectivity index (χ4n) is 7.34. The molecule has 3 aromatic heterocycles. The van der Waals surface area contributed by atoms with Crippen LogP contribution in [0.5, 0.6) is 0 Å². The van der Waals surface area contributed by atoms with Crippen LogP contribution in [0.1, 0.15) is 18.2 Å². The fraction of sp³-hybridized carbons (Fsp3) is 0.0233. The maximum Gasteiger partial charge on any atom is 0.0621 e. The van der Waals surface area contributed by atoms with Gasteiger partial charge >= 0.3 is 0 Å². The minimum atomic E-state index is 0.910. The van der Waals surface area contributed by atoms with Crippen LogP contribution in [0.15, 0.2) is 146 Å². The van der Waals surface area contributed by atoms with Gasteiger partial charge in [-0.25, -0.2) is 0 Å². The Kier molecular flexibility index (Phi) is 5.78. The van der Waals surface area contributed by atoms with Gasteiger partial charge in [-0.2, -0.15) is 0 Å². The van der Waals surface area contributed by atoms with E-state index in [2.05, 4.69) is 171 Å². The lowest BCUT2D eigenvalue weighted by molar-refractivity contribution is 1.09. The summed E-state index contributed by atoms with van der Waals surface area (Å²) in [4.78, 5) is 0. The number of terminal acetylenes is 1. The third-order valence-corrected chi connectivity index (χ3v) is 9.21. The first kappa shape index (κ1) is 26.2. The van der Waals surface area contributed by atoms with E-state index in [9.17, 15) is 0 Å². The van der Waals surface area contributed by atoms with Gasteiger partial charge in [-0.05, 0) is 73.7 Å².